The molecule has 0 saturated carbocycles. The van der Waals surface area contributed by atoms with Crippen LogP contribution in [0.1, 0.15) is 26.3 Å². The van der Waals surface area contributed by atoms with E-state index in [4.69, 9.17) is 6.42 Å². The third-order valence-corrected chi connectivity index (χ3v) is 2.47. The van der Waals surface area contributed by atoms with Crippen LogP contribution in [0, 0.1) is 17.8 Å². The average molecular weight is 229 g/mol. The first-order chi connectivity index (χ1) is 7.93. The van der Waals surface area contributed by atoms with Crippen molar-refractivity contribution in [3.05, 3.63) is 35.9 Å². The maximum absolute atomic E-state index is 11.8. The first-order valence-corrected chi connectivity index (χ1v) is 5.74. The summed E-state index contributed by atoms with van der Waals surface area (Å²) in [4.78, 5) is 11.8. The van der Waals surface area contributed by atoms with Gasteiger partial charge in [-0.05, 0) is 5.56 Å². The van der Waals surface area contributed by atoms with Gasteiger partial charge in [-0.1, -0.05) is 57.0 Å². The molecule has 0 bridgehead atoms. The molecule has 0 heterocycles. The molecule has 0 unspecified atom stereocenters. The van der Waals surface area contributed by atoms with E-state index in [-0.39, 0.29) is 11.9 Å². The molecular formula is C15H19NO. The number of hydrogen-bond donors (Lipinski definition) is 1. The van der Waals surface area contributed by atoms with E-state index in [9.17, 15) is 4.79 Å². The Bertz CT molecular complexity index is 409. The number of rotatable bonds is 3. The summed E-state index contributed by atoms with van der Waals surface area (Å²) in [5.74, 6) is 2.60. The summed E-state index contributed by atoms with van der Waals surface area (Å²) in [7, 11) is 0. The lowest BCUT2D eigenvalue weighted by Gasteiger charge is -2.21. The lowest BCUT2D eigenvalue weighted by atomic mass is 9.94. The van der Waals surface area contributed by atoms with E-state index in [0.717, 1.165) is 5.56 Å². The van der Waals surface area contributed by atoms with Crippen molar-refractivity contribution in [3.63, 3.8) is 0 Å². The van der Waals surface area contributed by atoms with Crippen LogP contribution in [-0.4, -0.2) is 11.9 Å². The largest absolute Gasteiger partial charge is 0.342 e. The number of carbonyl (C=O) groups excluding carboxylic acids is 1. The molecule has 1 aromatic carbocycles. The van der Waals surface area contributed by atoms with Gasteiger partial charge in [0.15, 0.2) is 0 Å². The molecule has 1 rings (SSSR count). The quantitative estimate of drug-likeness (QED) is 0.792. The van der Waals surface area contributed by atoms with Crippen LogP contribution in [-0.2, 0) is 11.2 Å². The van der Waals surface area contributed by atoms with Crippen LogP contribution in [0.5, 0.6) is 0 Å². The zero-order chi connectivity index (χ0) is 12.9. The average Bonchev–Trinajstić information content (AvgIpc) is 2.28. The molecule has 1 amide bonds. The molecular weight excluding hydrogens is 210 g/mol. The Morgan fingerprint density at radius 1 is 1.35 bits per heavy atom. The van der Waals surface area contributed by atoms with Crippen molar-refractivity contribution < 1.29 is 4.79 Å². The van der Waals surface area contributed by atoms with Gasteiger partial charge in [0.25, 0.3) is 0 Å². The minimum Gasteiger partial charge on any atom is -0.342 e. The predicted molar refractivity (Wildman–Crippen MR) is 70.4 cm³/mol. The number of amides is 1. The fourth-order valence-electron chi connectivity index (χ4n) is 1.38. The van der Waals surface area contributed by atoms with Gasteiger partial charge in [-0.25, -0.2) is 0 Å². The normalized spacial score (nSPS) is 12.6. The van der Waals surface area contributed by atoms with Crippen molar-refractivity contribution >= 4 is 5.91 Å². The number of benzene rings is 1. The fraction of sp³-hybridized carbons (Fsp3) is 0.400. The number of terminal acetylenes is 1. The van der Waals surface area contributed by atoms with Crippen LogP contribution in [0.15, 0.2) is 30.3 Å². The molecule has 1 N–H and O–H groups in total. The Kier molecular flexibility index (Phi) is 4.34. The lowest BCUT2D eigenvalue weighted by molar-refractivity contribution is -0.128. The minimum atomic E-state index is -0.411. The van der Waals surface area contributed by atoms with Crippen LogP contribution < -0.4 is 5.32 Å². The van der Waals surface area contributed by atoms with Gasteiger partial charge in [0.2, 0.25) is 5.91 Å². The zero-order valence-electron chi connectivity index (χ0n) is 10.7. The van der Waals surface area contributed by atoms with Crippen molar-refractivity contribution in [2.45, 2.75) is 33.2 Å². The van der Waals surface area contributed by atoms with Gasteiger partial charge < -0.3 is 5.32 Å². The van der Waals surface area contributed by atoms with E-state index in [1.807, 2.05) is 51.1 Å². The van der Waals surface area contributed by atoms with Gasteiger partial charge >= 0.3 is 0 Å². The van der Waals surface area contributed by atoms with Crippen LogP contribution in [0.2, 0.25) is 0 Å². The van der Waals surface area contributed by atoms with Gasteiger partial charge in [0, 0.05) is 11.8 Å². The standard InChI is InChI=1S/C15H19NO/c1-5-13(16-14(17)15(2,3)4)11-12-9-7-6-8-10-12/h1,6-10,13H,11H2,2-4H3,(H,16,17)/t13-/m1/s1. The van der Waals surface area contributed by atoms with E-state index in [0.29, 0.717) is 6.42 Å². The molecule has 2 heteroatoms. The second-order valence-corrected chi connectivity index (χ2v) is 5.13. The Morgan fingerprint density at radius 2 is 1.94 bits per heavy atom. The highest BCUT2D eigenvalue weighted by atomic mass is 16.2. The zero-order valence-corrected chi connectivity index (χ0v) is 10.7. The molecule has 2 nitrogen and oxygen atoms in total. The summed E-state index contributed by atoms with van der Waals surface area (Å²) >= 11 is 0. The van der Waals surface area contributed by atoms with Crippen molar-refractivity contribution in [2.24, 2.45) is 5.41 Å². The number of nitrogens with one attached hydrogen (secondary N) is 1. The van der Waals surface area contributed by atoms with E-state index < -0.39 is 5.41 Å². The highest BCUT2D eigenvalue weighted by Gasteiger charge is 2.23. The summed E-state index contributed by atoms with van der Waals surface area (Å²) in [6, 6.07) is 9.66. The van der Waals surface area contributed by atoms with E-state index >= 15 is 0 Å². The van der Waals surface area contributed by atoms with Crippen molar-refractivity contribution in [1.29, 1.82) is 0 Å². The molecule has 0 aliphatic heterocycles. The minimum absolute atomic E-state index is 0.0172. The van der Waals surface area contributed by atoms with Crippen LogP contribution in [0.3, 0.4) is 0 Å². The van der Waals surface area contributed by atoms with Gasteiger partial charge in [0.1, 0.15) is 0 Å². The molecule has 1 atom stereocenters. The van der Waals surface area contributed by atoms with Crippen LogP contribution in [0.4, 0.5) is 0 Å². The molecule has 17 heavy (non-hydrogen) atoms. The van der Waals surface area contributed by atoms with Crippen molar-refractivity contribution in [2.75, 3.05) is 0 Å². The summed E-state index contributed by atoms with van der Waals surface area (Å²) in [6.07, 6.45) is 6.11. The van der Waals surface area contributed by atoms with E-state index in [1.165, 1.54) is 0 Å². The molecule has 0 aromatic heterocycles. The molecule has 0 radical (unpaired) electrons. The fourth-order valence-corrected chi connectivity index (χ4v) is 1.38. The summed E-state index contributed by atoms with van der Waals surface area (Å²) in [5, 5.41) is 2.88. The third-order valence-electron chi connectivity index (χ3n) is 2.47. The monoisotopic (exact) mass is 229 g/mol. The van der Waals surface area contributed by atoms with Gasteiger partial charge in [-0.3, -0.25) is 4.79 Å². The summed E-state index contributed by atoms with van der Waals surface area (Å²) < 4.78 is 0. The Balaban J connectivity index is 2.63. The highest BCUT2D eigenvalue weighted by Crippen LogP contribution is 2.13. The van der Waals surface area contributed by atoms with E-state index in [1.54, 1.807) is 0 Å². The molecule has 0 saturated heterocycles. The maximum atomic E-state index is 11.8. The summed E-state index contributed by atoms with van der Waals surface area (Å²) in [6.45, 7) is 5.62. The summed E-state index contributed by atoms with van der Waals surface area (Å²) in [5.41, 5.74) is 0.718. The van der Waals surface area contributed by atoms with Crippen LogP contribution >= 0.6 is 0 Å². The second-order valence-electron chi connectivity index (χ2n) is 5.13. The Morgan fingerprint density at radius 3 is 2.41 bits per heavy atom. The maximum Gasteiger partial charge on any atom is 0.226 e. The SMILES string of the molecule is C#C[C@H](Cc1ccccc1)NC(=O)C(C)(C)C. The molecule has 0 aliphatic rings. The Labute approximate surface area is 103 Å². The molecule has 0 fully saturated rings. The topological polar surface area (TPSA) is 29.1 Å². The van der Waals surface area contributed by atoms with E-state index in [2.05, 4.69) is 11.2 Å². The van der Waals surface area contributed by atoms with Crippen LogP contribution in [0.25, 0.3) is 0 Å². The molecule has 90 valence electrons. The number of hydrogen-bond acceptors (Lipinski definition) is 1. The molecule has 0 aliphatic carbocycles. The Hall–Kier alpha value is -1.75. The molecule has 1 aromatic rings. The highest BCUT2D eigenvalue weighted by molar-refractivity contribution is 5.81. The first-order valence-electron chi connectivity index (χ1n) is 5.74. The molecule has 0 spiro atoms. The smallest absolute Gasteiger partial charge is 0.226 e. The lowest BCUT2D eigenvalue weighted by Crippen LogP contribution is -2.42. The number of carbonyl (C=O) groups is 1. The van der Waals surface area contributed by atoms with Crippen molar-refractivity contribution in [3.8, 4) is 12.3 Å². The third kappa shape index (κ3) is 4.32. The van der Waals surface area contributed by atoms with Gasteiger partial charge in [-0.15, -0.1) is 6.42 Å². The first kappa shape index (κ1) is 13.3. The predicted octanol–water partition coefficient (Wildman–Crippen LogP) is 2.39. The second kappa shape index (κ2) is 5.54. The van der Waals surface area contributed by atoms with Gasteiger partial charge in [0.05, 0.1) is 6.04 Å². The van der Waals surface area contributed by atoms with Crippen molar-refractivity contribution in [1.82, 2.24) is 5.32 Å². The van der Waals surface area contributed by atoms with Gasteiger partial charge in [-0.2, -0.15) is 0 Å².